The van der Waals surface area contributed by atoms with Gasteiger partial charge >= 0.3 is 17.9 Å². The Hall–Kier alpha value is -0.565. The van der Waals surface area contributed by atoms with Gasteiger partial charge in [0.1, 0.15) is 0 Å². The van der Waals surface area contributed by atoms with E-state index in [0.717, 1.165) is 0 Å². The number of aliphatic carboxylic acids is 3. The largest absolute Gasteiger partial charge is 0.481 e. The van der Waals surface area contributed by atoms with Crippen LogP contribution in [0.25, 0.3) is 0 Å². The molecule has 0 aromatic heterocycles. The first-order valence-electron chi connectivity index (χ1n) is 3.17. The Morgan fingerprint density at radius 1 is 0.867 bits per heavy atom. The monoisotopic (exact) mass is 252 g/mol. The molecule has 0 saturated carbocycles. The Kier molecular flexibility index (Phi) is 10.2. The van der Waals surface area contributed by atoms with Crippen LogP contribution in [0.3, 0.4) is 0 Å². The second-order valence-electron chi connectivity index (χ2n) is 2.48. The van der Waals surface area contributed by atoms with Crippen LogP contribution in [0.15, 0.2) is 0 Å². The number of rotatable bonds is 5. The summed E-state index contributed by atoms with van der Waals surface area (Å²) in [5.41, 5.74) is -2.74. The van der Waals surface area contributed by atoms with Gasteiger partial charge in [-0.25, -0.2) is 4.79 Å². The van der Waals surface area contributed by atoms with Crippen LogP contribution in [0.4, 0.5) is 0 Å². The van der Waals surface area contributed by atoms with Crippen molar-refractivity contribution in [3.05, 3.63) is 0 Å². The molecule has 4 N–H and O–H groups in total. The predicted octanol–water partition coefficient (Wildman–Crippen LogP) is -3.62. The summed E-state index contributed by atoms with van der Waals surface area (Å²) in [4.78, 5) is 30.5. The molecule has 0 aliphatic carbocycles. The zero-order valence-electron chi connectivity index (χ0n) is 6.43. The zero-order chi connectivity index (χ0) is 10.6. The van der Waals surface area contributed by atoms with Crippen molar-refractivity contribution in [3.8, 4) is 0 Å². The summed E-state index contributed by atoms with van der Waals surface area (Å²) in [7, 11) is 0. The molecule has 0 aromatic rings. The highest BCUT2D eigenvalue weighted by Gasteiger charge is 2.40. The summed E-state index contributed by atoms with van der Waals surface area (Å²) in [6.07, 6.45) is -2.29. The maximum Gasteiger partial charge on any atom is 0.336 e. The first kappa shape index (κ1) is 19.9. The SMILES string of the molecule is O=C(O)CC(O)(CC(=O)O)C(=O)O.[AlH3].[AlH3]. The van der Waals surface area contributed by atoms with E-state index in [1.54, 1.807) is 0 Å². The van der Waals surface area contributed by atoms with Crippen molar-refractivity contribution in [2.24, 2.45) is 0 Å². The maximum atomic E-state index is 10.3. The molecule has 0 radical (unpaired) electrons. The van der Waals surface area contributed by atoms with E-state index in [9.17, 15) is 14.4 Å². The highest BCUT2D eigenvalue weighted by Crippen LogP contribution is 2.15. The molecule has 0 atom stereocenters. The molecule has 9 heteroatoms. The van der Waals surface area contributed by atoms with Crippen LogP contribution in [-0.4, -0.2) is 78.7 Å². The van der Waals surface area contributed by atoms with E-state index >= 15 is 0 Å². The van der Waals surface area contributed by atoms with E-state index in [1.807, 2.05) is 0 Å². The molecule has 0 saturated heterocycles. The van der Waals surface area contributed by atoms with Crippen molar-refractivity contribution in [2.75, 3.05) is 0 Å². The quantitative estimate of drug-likeness (QED) is 0.371. The van der Waals surface area contributed by atoms with E-state index in [-0.39, 0.29) is 34.7 Å². The molecule has 0 amide bonds. The number of hydrogen-bond donors (Lipinski definition) is 4. The molecule has 0 bridgehead atoms. The van der Waals surface area contributed by atoms with Gasteiger partial charge in [-0.05, 0) is 0 Å². The van der Waals surface area contributed by atoms with Gasteiger partial charge in [0.2, 0.25) is 0 Å². The number of carboxylic acid groups (broad SMARTS) is 3. The molecular weight excluding hydrogens is 238 g/mol. The standard InChI is InChI=1S/C6H8O7.2Al.6H/c7-3(8)1-6(13,5(11)12)2-4(9)10;;;;;;;;/h13H,1-2H2,(H,7,8)(H,9,10)(H,11,12);;;;;;;;. The maximum absolute atomic E-state index is 10.3. The van der Waals surface area contributed by atoms with E-state index in [2.05, 4.69) is 0 Å². The summed E-state index contributed by atoms with van der Waals surface area (Å²) < 4.78 is 0. The predicted molar refractivity (Wildman–Crippen MR) is 57.0 cm³/mol. The molecule has 0 unspecified atom stereocenters. The Morgan fingerprint density at radius 3 is 1.27 bits per heavy atom. The van der Waals surface area contributed by atoms with Gasteiger partial charge in [0.25, 0.3) is 0 Å². The molecule has 0 heterocycles. The summed E-state index contributed by atoms with van der Waals surface area (Å²) in [5, 5.41) is 33.8. The summed E-state index contributed by atoms with van der Waals surface area (Å²) in [5.74, 6) is -5.02. The Balaban J connectivity index is -0.000000720. The van der Waals surface area contributed by atoms with Crippen molar-refractivity contribution in [2.45, 2.75) is 18.4 Å². The molecule has 0 aliphatic rings. The van der Waals surface area contributed by atoms with E-state index in [4.69, 9.17) is 20.4 Å². The van der Waals surface area contributed by atoms with Crippen molar-refractivity contribution < 1.29 is 34.8 Å². The van der Waals surface area contributed by atoms with Gasteiger partial charge < -0.3 is 20.4 Å². The fourth-order valence-corrected chi connectivity index (χ4v) is 0.714. The Bertz CT molecular complexity index is 236. The molecule has 0 aliphatic heterocycles. The second kappa shape index (κ2) is 7.69. The fraction of sp³-hybridized carbons (Fsp3) is 0.500. The number of carbonyl (C=O) groups is 3. The van der Waals surface area contributed by atoms with Crippen LogP contribution in [-0.2, 0) is 14.4 Å². The third-order valence-corrected chi connectivity index (χ3v) is 1.29. The van der Waals surface area contributed by atoms with Crippen LogP contribution in [0, 0.1) is 0 Å². The first-order valence-corrected chi connectivity index (χ1v) is 3.17. The fourth-order valence-electron chi connectivity index (χ4n) is 0.714. The highest BCUT2D eigenvalue weighted by molar-refractivity contribution is 5.88. The van der Waals surface area contributed by atoms with E-state index < -0.39 is 36.4 Å². The lowest BCUT2D eigenvalue weighted by molar-refractivity contribution is -0.170. The first-order chi connectivity index (χ1) is 5.78. The van der Waals surface area contributed by atoms with Gasteiger partial charge in [-0.15, -0.1) is 0 Å². The average Bonchev–Trinajstić information content (AvgIpc) is 1.82. The van der Waals surface area contributed by atoms with Crippen LogP contribution in [0.2, 0.25) is 0 Å². The number of aliphatic hydroxyl groups is 1. The third-order valence-electron chi connectivity index (χ3n) is 1.29. The van der Waals surface area contributed by atoms with Crippen molar-refractivity contribution in [3.63, 3.8) is 0 Å². The summed E-state index contributed by atoms with van der Waals surface area (Å²) in [6, 6.07) is 0. The lowest BCUT2D eigenvalue weighted by atomic mass is 9.96. The smallest absolute Gasteiger partial charge is 0.336 e. The van der Waals surface area contributed by atoms with Crippen LogP contribution in [0.5, 0.6) is 0 Å². The van der Waals surface area contributed by atoms with Crippen molar-refractivity contribution in [1.82, 2.24) is 0 Å². The second-order valence-corrected chi connectivity index (χ2v) is 2.48. The van der Waals surface area contributed by atoms with E-state index in [1.165, 1.54) is 0 Å². The number of carboxylic acids is 3. The Morgan fingerprint density at radius 2 is 1.13 bits per heavy atom. The molecule has 0 aromatic carbocycles. The normalized spacial score (nSPS) is 9.40. The Labute approximate surface area is 106 Å². The summed E-state index contributed by atoms with van der Waals surface area (Å²) >= 11 is 0. The molecule has 0 spiro atoms. The third kappa shape index (κ3) is 7.37. The van der Waals surface area contributed by atoms with Gasteiger partial charge in [0.15, 0.2) is 40.3 Å². The van der Waals surface area contributed by atoms with Gasteiger partial charge in [0.05, 0.1) is 12.8 Å². The molecule has 7 nitrogen and oxygen atoms in total. The topological polar surface area (TPSA) is 132 Å². The lowest BCUT2D eigenvalue weighted by Crippen LogP contribution is -2.42. The zero-order valence-corrected chi connectivity index (χ0v) is 6.43. The van der Waals surface area contributed by atoms with Crippen molar-refractivity contribution >= 4 is 52.6 Å². The lowest BCUT2D eigenvalue weighted by Gasteiger charge is -2.18. The summed E-state index contributed by atoms with van der Waals surface area (Å²) in [6.45, 7) is 0. The minimum Gasteiger partial charge on any atom is -0.481 e. The van der Waals surface area contributed by atoms with Gasteiger partial charge in [-0.1, -0.05) is 0 Å². The number of hydrogen-bond acceptors (Lipinski definition) is 4. The van der Waals surface area contributed by atoms with E-state index in [0.29, 0.717) is 0 Å². The van der Waals surface area contributed by atoms with Crippen molar-refractivity contribution in [1.29, 1.82) is 0 Å². The highest BCUT2D eigenvalue weighted by atomic mass is 27.0. The molecule has 15 heavy (non-hydrogen) atoms. The van der Waals surface area contributed by atoms with Gasteiger partial charge in [-0.3, -0.25) is 9.59 Å². The van der Waals surface area contributed by atoms with Gasteiger partial charge in [0, 0.05) is 0 Å². The van der Waals surface area contributed by atoms with Crippen LogP contribution >= 0.6 is 0 Å². The molecule has 0 fully saturated rings. The molecule has 86 valence electrons. The minimum atomic E-state index is -2.74. The van der Waals surface area contributed by atoms with Crippen LogP contribution < -0.4 is 0 Å². The average molecular weight is 252 g/mol. The van der Waals surface area contributed by atoms with Gasteiger partial charge in [-0.2, -0.15) is 0 Å². The minimum absolute atomic E-state index is 0. The molecule has 0 rings (SSSR count). The molecular formula is C6H14Al2O7. The van der Waals surface area contributed by atoms with Crippen LogP contribution in [0.1, 0.15) is 12.8 Å².